The number of amides is 2. The SMILES string of the molecule is CC1CC1c1ccc(/C=C/C(=O)N2CCC(NC(=O)OC(C)(C)C)CC2)o1. The topological polar surface area (TPSA) is 71.8 Å². The minimum atomic E-state index is -0.505. The Balaban J connectivity index is 1.43. The van der Waals surface area contributed by atoms with Crippen molar-refractivity contribution in [1.29, 1.82) is 0 Å². The highest BCUT2D eigenvalue weighted by Gasteiger charge is 2.36. The molecule has 0 spiro atoms. The first-order valence-corrected chi connectivity index (χ1v) is 9.77. The van der Waals surface area contributed by atoms with Crippen molar-refractivity contribution in [3.8, 4) is 0 Å². The Morgan fingerprint density at radius 2 is 1.93 bits per heavy atom. The molecule has 1 saturated heterocycles. The first kappa shape index (κ1) is 19.5. The van der Waals surface area contributed by atoms with Crippen molar-refractivity contribution in [1.82, 2.24) is 10.2 Å². The van der Waals surface area contributed by atoms with E-state index in [1.807, 2.05) is 32.9 Å². The van der Waals surface area contributed by atoms with E-state index in [0.29, 0.717) is 24.9 Å². The van der Waals surface area contributed by atoms with E-state index in [9.17, 15) is 9.59 Å². The quantitative estimate of drug-likeness (QED) is 0.811. The normalized spacial score (nSPS) is 23.5. The van der Waals surface area contributed by atoms with E-state index in [1.54, 1.807) is 17.1 Å². The van der Waals surface area contributed by atoms with Gasteiger partial charge in [-0.3, -0.25) is 4.79 Å². The van der Waals surface area contributed by atoms with Crippen molar-refractivity contribution < 1.29 is 18.7 Å². The van der Waals surface area contributed by atoms with Crippen LogP contribution in [0.5, 0.6) is 0 Å². The summed E-state index contributed by atoms with van der Waals surface area (Å²) in [6.07, 6.45) is 5.55. The molecule has 2 heterocycles. The standard InChI is InChI=1S/C21H30N2O4/c1-14-13-17(14)18-7-5-16(26-18)6-8-19(24)23-11-9-15(10-12-23)22-20(25)27-21(2,3)4/h5-8,14-15,17H,9-13H2,1-4H3,(H,22,25)/b8-6+. The summed E-state index contributed by atoms with van der Waals surface area (Å²) in [5, 5.41) is 2.88. The highest BCUT2D eigenvalue weighted by Crippen LogP contribution is 2.47. The van der Waals surface area contributed by atoms with Gasteiger partial charge in [-0.25, -0.2) is 4.79 Å². The summed E-state index contributed by atoms with van der Waals surface area (Å²) in [7, 11) is 0. The van der Waals surface area contributed by atoms with Gasteiger partial charge in [0.25, 0.3) is 0 Å². The maximum Gasteiger partial charge on any atom is 0.407 e. The molecule has 1 saturated carbocycles. The number of nitrogens with one attached hydrogen (secondary N) is 1. The molecule has 1 aliphatic carbocycles. The van der Waals surface area contributed by atoms with Gasteiger partial charge < -0.3 is 19.4 Å². The molecule has 0 radical (unpaired) electrons. The lowest BCUT2D eigenvalue weighted by molar-refractivity contribution is -0.127. The second-order valence-corrected chi connectivity index (χ2v) is 8.64. The minimum absolute atomic E-state index is 0.0246. The van der Waals surface area contributed by atoms with Crippen LogP contribution in [0.4, 0.5) is 4.79 Å². The zero-order valence-corrected chi connectivity index (χ0v) is 16.7. The summed E-state index contributed by atoms with van der Waals surface area (Å²) < 4.78 is 11.1. The van der Waals surface area contributed by atoms with Crippen LogP contribution in [0.15, 0.2) is 22.6 Å². The molecule has 6 heteroatoms. The van der Waals surface area contributed by atoms with E-state index < -0.39 is 11.7 Å². The van der Waals surface area contributed by atoms with Gasteiger partial charge in [0.2, 0.25) is 5.91 Å². The van der Waals surface area contributed by atoms with Crippen LogP contribution in [0, 0.1) is 5.92 Å². The lowest BCUT2D eigenvalue weighted by atomic mass is 10.1. The molecule has 148 valence electrons. The zero-order valence-electron chi connectivity index (χ0n) is 16.7. The molecule has 0 aromatic carbocycles. The molecule has 1 aromatic heterocycles. The lowest BCUT2D eigenvalue weighted by Gasteiger charge is -2.32. The number of furan rings is 1. The smallest absolute Gasteiger partial charge is 0.407 e. The molecule has 3 rings (SSSR count). The van der Waals surface area contributed by atoms with Crippen LogP contribution in [0.2, 0.25) is 0 Å². The van der Waals surface area contributed by atoms with Crippen LogP contribution in [0.1, 0.15) is 64.4 Å². The molecule has 6 nitrogen and oxygen atoms in total. The third-order valence-corrected chi connectivity index (χ3v) is 5.04. The van der Waals surface area contributed by atoms with Crippen LogP contribution in [0.3, 0.4) is 0 Å². The molecular formula is C21H30N2O4. The zero-order chi connectivity index (χ0) is 19.6. The molecule has 2 fully saturated rings. The van der Waals surface area contributed by atoms with Gasteiger partial charge in [-0.1, -0.05) is 6.92 Å². The number of carbonyl (C=O) groups is 2. The van der Waals surface area contributed by atoms with Crippen LogP contribution < -0.4 is 5.32 Å². The molecule has 2 aliphatic rings. The number of hydrogen-bond donors (Lipinski definition) is 1. The predicted molar refractivity (Wildman–Crippen MR) is 103 cm³/mol. The monoisotopic (exact) mass is 374 g/mol. The van der Waals surface area contributed by atoms with E-state index >= 15 is 0 Å². The fourth-order valence-corrected chi connectivity index (χ4v) is 3.35. The number of ether oxygens (including phenoxy) is 1. The molecule has 2 atom stereocenters. The number of alkyl carbamates (subject to hydrolysis) is 1. The fourth-order valence-electron chi connectivity index (χ4n) is 3.35. The second kappa shape index (κ2) is 7.79. The van der Waals surface area contributed by atoms with E-state index in [2.05, 4.69) is 12.2 Å². The van der Waals surface area contributed by atoms with Crippen molar-refractivity contribution in [3.05, 3.63) is 29.7 Å². The Morgan fingerprint density at radius 1 is 1.26 bits per heavy atom. The molecule has 2 amide bonds. The Hall–Kier alpha value is -2.24. The molecule has 1 N–H and O–H groups in total. The van der Waals surface area contributed by atoms with Crippen molar-refractivity contribution in [2.45, 2.75) is 64.5 Å². The van der Waals surface area contributed by atoms with E-state index in [4.69, 9.17) is 9.15 Å². The second-order valence-electron chi connectivity index (χ2n) is 8.64. The predicted octanol–water partition coefficient (Wildman–Crippen LogP) is 3.93. The van der Waals surface area contributed by atoms with Gasteiger partial charge in [0, 0.05) is 31.1 Å². The summed E-state index contributed by atoms with van der Waals surface area (Å²) >= 11 is 0. The van der Waals surface area contributed by atoms with Crippen LogP contribution in [-0.4, -0.2) is 41.6 Å². The van der Waals surface area contributed by atoms with Gasteiger partial charge in [-0.15, -0.1) is 0 Å². The fraction of sp³-hybridized carbons (Fsp3) is 0.619. The first-order chi connectivity index (χ1) is 12.7. The summed E-state index contributed by atoms with van der Waals surface area (Å²) in [4.78, 5) is 26.0. The maximum absolute atomic E-state index is 12.4. The largest absolute Gasteiger partial charge is 0.461 e. The molecule has 1 aliphatic heterocycles. The maximum atomic E-state index is 12.4. The van der Waals surface area contributed by atoms with Gasteiger partial charge in [-0.05, 0) is 64.2 Å². The Kier molecular flexibility index (Phi) is 5.63. The van der Waals surface area contributed by atoms with Gasteiger partial charge in [-0.2, -0.15) is 0 Å². The highest BCUT2D eigenvalue weighted by molar-refractivity contribution is 5.91. The summed E-state index contributed by atoms with van der Waals surface area (Å²) in [6.45, 7) is 8.97. The highest BCUT2D eigenvalue weighted by atomic mass is 16.6. The average molecular weight is 374 g/mol. The number of nitrogens with zero attached hydrogens (tertiary/aromatic N) is 1. The summed E-state index contributed by atoms with van der Waals surface area (Å²) in [6, 6.07) is 3.97. The van der Waals surface area contributed by atoms with E-state index in [-0.39, 0.29) is 11.9 Å². The average Bonchev–Trinajstić information content (AvgIpc) is 3.13. The van der Waals surface area contributed by atoms with Crippen molar-refractivity contribution in [2.24, 2.45) is 5.92 Å². The van der Waals surface area contributed by atoms with Gasteiger partial charge in [0.05, 0.1) is 0 Å². The third-order valence-electron chi connectivity index (χ3n) is 5.04. The van der Waals surface area contributed by atoms with Crippen LogP contribution >= 0.6 is 0 Å². The number of hydrogen-bond acceptors (Lipinski definition) is 4. The number of likely N-dealkylation sites (tertiary alicyclic amines) is 1. The molecule has 1 aromatic rings. The summed E-state index contributed by atoms with van der Waals surface area (Å²) in [5.41, 5.74) is -0.505. The lowest BCUT2D eigenvalue weighted by Crippen LogP contribution is -2.47. The minimum Gasteiger partial charge on any atom is -0.461 e. The summed E-state index contributed by atoms with van der Waals surface area (Å²) in [5.74, 6) is 2.95. The molecular weight excluding hydrogens is 344 g/mol. The first-order valence-electron chi connectivity index (χ1n) is 9.77. The van der Waals surface area contributed by atoms with Crippen molar-refractivity contribution in [3.63, 3.8) is 0 Å². The third kappa shape index (κ3) is 5.62. The molecule has 27 heavy (non-hydrogen) atoms. The van der Waals surface area contributed by atoms with E-state index in [1.165, 1.54) is 6.42 Å². The van der Waals surface area contributed by atoms with Crippen LogP contribution in [0.25, 0.3) is 6.08 Å². The van der Waals surface area contributed by atoms with Gasteiger partial charge in [0.1, 0.15) is 17.1 Å². The Labute approximate surface area is 160 Å². The Morgan fingerprint density at radius 3 is 2.52 bits per heavy atom. The number of carbonyl (C=O) groups excluding carboxylic acids is 2. The Bertz CT molecular complexity index is 708. The molecule has 2 unspecified atom stereocenters. The van der Waals surface area contributed by atoms with Gasteiger partial charge in [0.15, 0.2) is 0 Å². The van der Waals surface area contributed by atoms with Crippen molar-refractivity contribution >= 4 is 18.1 Å². The van der Waals surface area contributed by atoms with Gasteiger partial charge >= 0.3 is 6.09 Å². The molecule has 0 bridgehead atoms. The van der Waals surface area contributed by atoms with Crippen molar-refractivity contribution in [2.75, 3.05) is 13.1 Å². The van der Waals surface area contributed by atoms with E-state index in [0.717, 1.165) is 24.4 Å². The van der Waals surface area contributed by atoms with Crippen LogP contribution in [-0.2, 0) is 9.53 Å². The number of piperidine rings is 1. The number of rotatable bonds is 4.